The molecular formula is C19H17FN4OS2. The van der Waals surface area contributed by atoms with Crippen LogP contribution in [0, 0.1) is 5.82 Å². The first-order chi connectivity index (χ1) is 13.0. The third-order valence-electron chi connectivity index (χ3n) is 4.34. The Kier molecular flexibility index (Phi) is 4.84. The molecule has 1 aliphatic heterocycles. The Hall–Kier alpha value is -2.45. The van der Waals surface area contributed by atoms with Crippen LogP contribution in [0.4, 0.5) is 10.3 Å². The molecule has 1 aliphatic rings. The summed E-state index contributed by atoms with van der Waals surface area (Å²) in [5.41, 5.74) is 2.07. The molecule has 0 aliphatic carbocycles. The number of hydrogen-bond donors (Lipinski definition) is 1. The highest BCUT2D eigenvalue weighted by Gasteiger charge is 2.33. The number of anilines is 1. The van der Waals surface area contributed by atoms with E-state index in [1.807, 2.05) is 30.5 Å². The Labute approximate surface area is 164 Å². The molecule has 0 fully saturated rings. The lowest BCUT2D eigenvalue weighted by atomic mass is 9.98. The fourth-order valence-corrected chi connectivity index (χ4v) is 4.75. The largest absolute Gasteiger partial charge is 0.328 e. The van der Waals surface area contributed by atoms with Crippen LogP contribution in [-0.2, 0) is 10.5 Å². The van der Waals surface area contributed by atoms with Gasteiger partial charge in [0.15, 0.2) is 5.78 Å². The van der Waals surface area contributed by atoms with Gasteiger partial charge in [-0.2, -0.15) is 4.98 Å². The molecule has 1 atom stereocenters. The molecule has 1 N–H and O–H groups in total. The van der Waals surface area contributed by atoms with Crippen LogP contribution >= 0.6 is 23.1 Å². The molecule has 1 unspecified atom stereocenters. The average molecular weight is 401 g/mol. The fourth-order valence-electron chi connectivity index (χ4n) is 3.12. The maximum atomic E-state index is 13.8. The van der Waals surface area contributed by atoms with Gasteiger partial charge in [0.1, 0.15) is 11.9 Å². The number of rotatable bonds is 5. The van der Waals surface area contributed by atoms with E-state index in [9.17, 15) is 9.18 Å². The van der Waals surface area contributed by atoms with Gasteiger partial charge in [0.05, 0.1) is 0 Å². The predicted octanol–water partition coefficient (Wildman–Crippen LogP) is 4.65. The zero-order valence-electron chi connectivity index (χ0n) is 14.8. The van der Waals surface area contributed by atoms with Crippen molar-refractivity contribution in [3.63, 3.8) is 0 Å². The maximum absolute atomic E-state index is 13.8. The summed E-state index contributed by atoms with van der Waals surface area (Å²) in [6, 6.07) is 10.3. The quantitative estimate of drug-likeness (QED) is 0.632. The van der Waals surface area contributed by atoms with Gasteiger partial charge >= 0.3 is 0 Å². The van der Waals surface area contributed by atoms with Crippen molar-refractivity contribution in [2.45, 2.75) is 30.8 Å². The lowest BCUT2D eigenvalue weighted by Crippen LogP contribution is -2.27. The second kappa shape index (κ2) is 7.28. The van der Waals surface area contributed by atoms with Crippen LogP contribution in [0.5, 0.6) is 0 Å². The molecule has 0 amide bonds. The highest BCUT2D eigenvalue weighted by molar-refractivity contribution is 7.98. The molecule has 4 rings (SSSR count). The van der Waals surface area contributed by atoms with Crippen LogP contribution in [0.2, 0.25) is 0 Å². The van der Waals surface area contributed by atoms with Gasteiger partial charge in [-0.1, -0.05) is 36.0 Å². The Bertz CT molecular complexity index is 1030. The van der Waals surface area contributed by atoms with Crippen molar-refractivity contribution in [3.8, 4) is 0 Å². The van der Waals surface area contributed by atoms with Gasteiger partial charge in [0, 0.05) is 21.9 Å². The Balaban J connectivity index is 1.67. The van der Waals surface area contributed by atoms with E-state index in [1.165, 1.54) is 17.8 Å². The third kappa shape index (κ3) is 3.42. The molecule has 27 heavy (non-hydrogen) atoms. The molecule has 3 heterocycles. The normalized spacial score (nSPS) is 16.2. The molecule has 0 saturated carbocycles. The average Bonchev–Trinajstić information content (AvgIpc) is 3.29. The molecular weight excluding hydrogens is 383 g/mol. The Morgan fingerprint density at radius 3 is 2.85 bits per heavy atom. The van der Waals surface area contributed by atoms with E-state index in [4.69, 9.17) is 0 Å². The smallest absolute Gasteiger partial charge is 0.227 e. The van der Waals surface area contributed by atoms with Crippen LogP contribution in [0.25, 0.3) is 0 Å². The predicted molar refractivity (Wildman–Crippen MR) is 105 cm³/mol. The van der Waals surface area contributed by atoms with Crippen molar-refractivity contribution in [3.05, 3.63) is 69.3 Å². The lowest BCUT2D eigenvalue weighted by molar-refractivity contribution is -0.114. The maximum Gasteiger partial charge on any atom is 0.227 e. The molecule has 0 bridgehead atoms. The summed E-state index contributed by atoms with van der Waals surface area (Å²) < 4.78 is 15.6. The van der Waals surface area contributed by atoms with Crippen molar-refractivity contribution < 1.29 is 9.18 Å². The summed E-state index contributed by atoms with van der Waals surface area (Å²) in [5.74, 6) is 0.790. The van der Waals surface area contributed by atoms with E-state index in [0.717, 1.165) is 10.6 Å². The summed E-state index contributed by atoms with van der Waals surface area (Å²) in [6.07, 6.45) is 0. The Morgan fingerprint density at radius 1 is 1.33 bits per heavy atom. The molecule has 0 radical (unpaired) electrons. The second-order valence-electron chi connectivity index (χ2n) is 6.18. The number of halogens is 1. The molecule has 2 aromatic heterocycles. The van der Waals surface area contributed by atoms with Crippen LogP contribution in [0.1, 0.15) is 30.3 Å². The van der Waals surface area contributed by atoms with E-state index < -0.39 is 0 Å². The fraction of sp³-hybridized carbons (Fsp3) is 0.211. The number of carbonyl (C=O) groups is 1. The van der Waals surface area contributed by atoms with Crippen LogP contribution in [0.3, 0.4) is 0 Å². The van der Waals surface area contributed by atoms with E-state index in [1.54, 1.807) is 35.1 Å². The number of aromatic nitrogens is 3. The monoisotopic (exact) mass is 400 g/mol. The minimum absolute atomic E-state index is 0.000102. The number of hydrogen-bond acceptors (Lipinski definition) is 6. The molecule has 8 heteroatoms. The van der Waals surface area contributed by atoms with Crippen molar-refractivity contribution in [2.75, 3.05) is 5.32 Å². The molecule has 3 aromatic rings. The SMILES string of the molecule is CC(=O)C1=C(C)Nc2nc(SCc3ccccc3F)nn2C1c1cccs1. The van der Waals surface area contributed by atoms with Gasteiger partial charge in [0.2, 0.25) is 11.1 Å². The molecule has 0 spiro atoms. The van der Waals surface area contributed by atoms with Gasteiger partial charge in [-0.15, -0.1) is 16.4 Å². The van der Waals surface area contributed by atoms with Crippen LogP contribution in [0.15, 0.2) is 58.2 Å². The molecule has 1 aromatic carbocycles. The number of thioether (sulfide) groups is 1. The number of fused-ring (bicyclic) bond motifs is 1. The minimum atomic E-state index is -0.297. The van der Waals surface area contributed by atoms with Crippen molar-refractivity contribution in [1.29, 1.82) is 0 Å². The standard InChI is InChI=1S/C19H17FN4OS2/c1-11-16(12(2)25)17(15-8-5-9-26-15)24-18(21-11)22-19(23-24)27-10-13-6-3-4-7-14(13)20/h3-9,17H,10H2,1-2H3,(H,21,22,23). The summed E-state index contributed by atoms with van der Waals surface area (Å²) in [7, 11) is 0. The first-order valence-electron chi connectivity index (χ1n) is 8.39. The van der Waals surface area contributed by atoms with E-state index in [2.05, 4.69) is 15.4 Å². The topological polar surface area (TPSA) is 59.8 Å². The van der Waals surface area contributed by atoms with Gasteiger partial charge in [-0.3, -0.25) is 4.79 Å². The first kappa shape index (κ1) is 17.9. The van der Waals surface area contributed by atoms with E-state index in [0.29, 0.717) is 28.0 Å². The second-order valence-corrected chi connectivity index (χ2v) is 8.10. The van der Waals surface area contributed by atoms with Crippen molar-refractivity contribution >= 4 is 34.8 Å². The number of nitrogens with one attached hydrogen (secondary N) is 1. The number of nitrogens with zero attached hydrogens (tertiary/aromatic N) is 3. The van der Waals surface area contributed by atoms with Crippen LogP contribution < -0.4 is 5.32 Å². The van der Waals surface area contributed by atoms with Gasteiger partial charge in [-0.05, 0) is 36.9 Å². The summed E-state index contributed by atoms with van der Waals surface area (Å²) in [6.45, 7) is 3.44. The molecule has 5 nitrogen and oxygen atoms in total. The summed E-state index contributed by atoms with van der Waals surface area (Å²) in [5, 5.41) is 10.3. The number of ketones is 1. The Morgan fingerprint density at radius 2 is 2.15 bits per heavy atom. The molecule has 138 valence electrons. The number of allylic oxidation sites excluding steroid dienone is 2. The van der Waals surface area contributed by atoms with E-state index >= 15 is 0 Å². The number of Topliss-reactive ketones (excluding diaryl/α,β-unsaturated/α-hetero) is 1. The number of carbonyl (C=O) groups excluding carboxylic acids is 1. The van der Waals surface area contributed by atoms with E-state index in [-0.39, 0.29) is 17.6 Å². The lowest BCUT2D eigenvalue weighted by Gasteiger charge is -2.26. The zero-order valence-corrected chi connectivity index (χ0v) is 16.4. The highest BCUT2D eigenvalue weighted by Crippen LogP contribution is 2.38. The van der Waals surface area contributed by atoms with Gasteiger partial charge in [-0.25, -0.2) is 9.07 Å². The summed E-state index contributed by atoms with van der Waals surface area (Å²) in [4.78, 5) is 17.8. The number of benzene rings is 1. The van der Waals surface area contributed by atoms with Crippen molar-refractivity contribution in [2.24, 2.45) is 0 Å². The first-order valence-corrected chi connectivity index (χ1v) is 10.3. The molecule has 0 saturated heterocycles. The zero-order chi connectivity index (χ0) is 19.0. The van der Waals surface area contributed by atoms with Gasteiger partial charge < -0.3 is 5.32 Å². The third-order valence-corrected chi connectivity index (χ3v) is 6.15. The number of thiophene rings is 1. The highest BCUT2D eigenvalue weighted by atomic mass is 32.2. The summed E-state index contributed by atoms with van der Waals surface area (Å²) >= 11 is 2.95. The van der Waals surface area contributed by atoms with Gasteiger partial charge in [0.25, 0.3) is 0 Å². The van der Waals surface area contributed by atoms with Crippen LogP contribution in [-0.4, -0.2) is 20.5 Å². The van der Waals surface area contributed by atoms with Crippen molar-refractivity contribution in [1.82, 2.24) is 14.8 Å². The minimum Gasteiger partial charge on any atom is -0.328 e.